The largest absolute Gasteiger partial charge is 0.496 e. The summed E-state index contributed by atoms with van der Waals surface area (Å²) in [7, 11) is 1.73. The van der Waals surface area contributed by atoms with Gasteiger partial charge in [-0.25, -0.2) is 0 Å². The molecule has 0 aliphatic heterocycles. The van der Waals surface area contributed by atoms with Crippen LogP contribution in [0.1, 0.15) is 16.7 Å². The maximum absolute atomic E-state index is 5.72. The van der Waals surface area contributed by atoms with Crippen molar-refractivity contribution in [1.29, 1.82) is 0 Å². The van der Waals surface area contributed by atoms with Gasteiger partial charge in [0, 0.05) is 5.56 Å². The highest BCUT2D eigenvalue weighted by molar-refractivity contribution is 5.88. The van der Waals surface area contributed by atoms with Crippen LogP contribution in [0.3, 0.4) is 0 Å². The van der Waals surface area contributed by atoms with Gasteiger partial charge >= 0.3 is 0 Å². The van der Waals surface area contributed by atoms with Crippen LogP contribution in [0.5, 0.6) is 5.75 Å². The predicted molar refractivity (Wildman–Crippen MR) is 96.9 cm³/mol. The molecule has 0 aromatic heterocycles. The third-order valence-corrected chi connectivity index (χ3v) is 4.18. The lowest BCUT2D eigenvalue weighted by atomic mass is 9.91. The average Bonchev–Trinajstić information content (AvgIpc) is 2.56. The van der Waals surface area contributed by atoms with Crippen molar-refractivity contribution < 1.29 is 4.74 Å². The van der Waals surface area contributed by atoms with E-state index in [1.54, 1.807) is 7.11 Å². The molecule has 1 heteroatoms. The molecule has 0 unspecified atom stereocenters. The first-order valence-corrected chi connectivity index (χ1v) is 7.83. The first kappa shape index (κ1) is 15.4. The summed E-state index contributed by atoms with van der Waals surface area (Å²) in [6.07, 6.45) is 0. The molecular weight excluding hydrogens is 280 g/mol. The fourth-order valence-electron chi connectivity index (χ4n) is 2.85. The molecule has 3 aromatic rings. The topological polar surface area (TPSA) is 9.23 Å². The number of rotatable bonds is 3. The van der Waals surface area contributed by atoms with Crippen molar-refractivity contribution in [2.24, 2.45) is 0 Å². The van der Waals surface area contributed by atoms with Gasteiger partial charge in [-0.1, -0.05) is 59.7 Å². The molecule has 0 saturated carbocycles. The maximum atomic E-state index is 5.72. The molecule has 0 spiro atoms. The van der Waals surface area contributed by atoms with E-state index in [1.165, 1.54) is 22.3 Å². The molecule has 1 nitrogen and oxygen atoms in total. The third kappa shape index (κ3) is 3.00. The Kier molecular flexibility index (Phi) is 4.20. The van der Waals surface area contributed by atoms with Crippen LogP contribution < -0.4 is 4.74 Å². The zero-order chi connectivity index (χ0) is 16.4. The van der Waals surface area contributed by atoms with Crippen LogP contribution in [-0.4, -0.2) is 7.11 Å². The first-order valence-electron chi connectivity index (χ1n) is 7.83. The Balaban J connectivity index is 2.27. The van der Waals surface area contributed by atoms with Crippen LogP contribution >= 0.6 is 0 Å². The van der Waals surface area contributed by atoms with Gasteiger partial charge in [-0.15, -0.1) is 0 Å². The van der Waals surface area contributed by atoms with Gasteiger partial charge in [0.2, 0.25) is 0 Å². The Morgan fingerprint density at radius 3 is 1.78 bits per heavy atom. The Hall–Kier alpha value is -2.54. The molecule has 23 heavy (non-hydrogen) atoms. The van der Waals surface area contributed by atoms with Crippen LogP contribution in [0.15, 0.2) is 54.6 Å². The van der Waals surface area contributed by atoms with Gasteiger partial charge in [0.05, 0.1) is 7.11 Å². The maximum Gasteiger partial charge on any atom is 0.130 e. The van der Waals surface area contributed by atoms with E-state index in [4.69, 9.17) is 4.74 Å². The standard InChI is InChI=1S/C22H21O/c1-15-5-10-18(11-6-15)20-14-9-17(3)22(23-4)21(20)19-12-7-16(2)8-13-19/h5-8,10-14H,1-4H3. The lowest BCUT2D eigenvalue weighted by Crippen LogP contribution is -1.95. The van der Waals surface area contributed by atoms with Gasteiger partial charge in [0.25, 0.3) is 0 Å². The Labute approximate surface area is 138 Å². The fraction of sp³-hybridized carbons (Fsp3) is 0.182. The minimum atomic E-state index is 0.895. The Morgan fingerprint density at radius 2 is 1.26 bits per heavy atom. The molecule has 0 fully saturated rings. The minimum Gasteiger partial charge on any atom is -0.496 e. The number of aryl methyl sites for hydroxylation is 3. The number of methoxy groups -OCH3 is 1. The zero-order valence-corrected chi connectivity index (χ0v) is 14.1. The number of benzene rings is 3. The summed E-state index contributed by atoms with van der Waals surface area (Å²) < 4.78 is 5.72. The summed E-state index contributed by atoms with van der Waals surface area (Å²) in [5.74, 6) is 0.895. The molecule has 0 bridgehead atoms. The predicted octanol–water partition coefficient (Wildman–Crippen LogP) is 5.75. The number of hydrogen-bond donors (Lipinski definition) is 0. The molecule has 0 saturated heterocycles. The number of ether oxygens (including phenoxy) is 1. The van der Waals surface area contributed by atoms with Crippen molar-refractivity contribution in [2.45, 2.75) is 20.8 Å². The van der Waals surface area contributed by atoms with Crippen molar-refractivity contribution in [3.05, 3.63) is 77.4 Å². The van der Waals surface area contributed by atoms with Crippen molar-refractivity contribution in [2.75, 3.05) is 7.11 Å². The summed E-state index contributed by atoms with van der Waals surface area (Å²) in [6, 6.07) is 22.6. The minimum absolute atomic E-state index is 0.895. The van der Waals surface area contributed by atoms with Gasteiger partial charge in [-0.2, -0.15) is 0 Å². The SMILES string of the molecule is COc1c(C)[c]cc(-c2ccc(C)cc2)c1-c1ccc(C)cc1. The van der Waals surface area contributed by atoms with Crippen molar-refractivity contribution in [3.8, 4) is 28.0 Å². The normalized spacial score (nSPS) is 10.6. The van der Waals surface area contributed by atoms with E-state index in [0.717, 1.165) is 22.4 Å². The van der Waals surface area contributed by atoms with Gasteiger partial charge in [0.15, 0.2) is 0 Å². The van der Waals surface area contributed by atoms with Crippen molar-refractivity contribution >= 4 is 0 Å². The highest BCUT2D eigenvalue weighted by atomic mass is 16.5. The second-order valence-electron chi connectivity index (χ2n) is 5.97. The molecule has 0 N–H and O–H groups in total. The Morgan fingerprint density at radius 1 is 0.739 bits per heavy atom. The second-order valence-corrected chi connectivity index (χ2v) is 5.97. The van der Waals surface area contributed by atoms with Gasteiger partial charge in [-0.3, -0.25) is 0 Å². The molecule has 1 radical (unpaired) electrons. The molecule has 3 aromatic carbocycles. The van der Waals surface area contributed by atoms with Crippen LogP contribution in [0.25, 0.3) is 22.3 Å². The highest BCUT2D eigenvalue weighted by Gasteiger charge is 2.15. The molecule has 115 valence electrons. The van der Waals surface area contributed by atoms with Gasteiger partial charge in [0.1, 0.15) is 5.75 Å². The highest BCUT2D eigenvalue weighted by Crippen LogP contribution is 2.41. The molecule has 0 atom stereocenters. The average molecular weight is 301 g/mol. The summed E-state index contributed by atoms with van der Waals surface area (Å²) in [5, 5.41) is 0. The zero-order valence-electron chi connectivity index (χ0n) is 14.1. The Bertz CT molecular complexity index is 812. The third-order valence-electron chi connectivity index (χ3n) is 4.18. The summed E-state index contributed by atoms with van der Waals surface area (Å²) in [4.78, 5) is 0. The van der Waals surface area contributed by atoms with E-state index < -0.39 is 0 Å². The van der Waals surface area contributed by atoms with Crippen molar-refractivity contribution in [3.63, 3.8) is 0 Å². The lowest BCUT2D eigenvalue weighted by Gasteiger charge is -2.17. The smallest absolute Gasteiger partial charge is 0.130 e. The first-order chi connectivity index (χ1) is 11.1. The van der Waals surface area contributed by atoms with Crippen LogP contribution in [0.4, 0.5) is 0 Å². The van der Waals surface area contributed by atoms with Crippen LogP contribution in [0, 0.1) is 26.8 Å². The van der Waals surface area contributed by atoms with E-state index in [-0.39, 0.29) is 0 Å². The van der Waals surface area contributed by atoms with Crippen LogP contribution in [0.2, 0.25) is 0 Å². The lowest BCUT2D eigenvalue weighted by molar-refractivity contribution is 0.413. The van der Waals surface area contributed by atoms with Crippen molar-refractivity contribution in [1.82, 2.24) is 0 Å². The summed E-state index contributed by atoms with van der Waals surface area (Å²) >= 11 is 0. The summed E-state index contributed by atoms with van der Waals surface area (Å²) in [6.45, 7) is 6.24. The molecule has 0 amide bonds. The van der Waals surface area contributed by atoms with Gasteiger partial charge in [-0.05, 0) is 55.2 Å². The van der Waals surface area contributed by atoms with Gasteiger partial charge < -0.3 is 4.74 Å². The van der Waals surface area contributed by atoms with Crippen LogP contribution in [-0.2, 0) is 0 Å². The molecule has 0 aliphatic rings. The fourth-order valence-corrected chi connectivity index (χ4v) is 2.85. The monoisotopic (exact) mass is 301 g/mol. The van der Waals surface area contributed by atoms with E-state index in [1.807, 2.05) is 6.92 Å². The molecule has 3 rings (SSSR count). The number of hydrogen-bond acceptors (Lipinski definition) is 1. The second kappa shape index (κ2) is 6.29. The molecular formula is C22H21O. The molecule has 0 heterocycles. The summed E-state index contributed by atoms with van der Waals surface area (Å²) in [5.41, 5.74) is 8.17. The quantitative estimate of drug-likeness (QED) is 0.598. The molecule has 0 aliphatic carbocycles. The van der Waals surface area contributed by atoms with E-state index in [9.17, 15) is 0 Å². The van der Waals surface area contributed by atoms with E-state index in [0.29, 0.717) is 0 Å². The van der Waals surface area contributed by atoms with E-state index in [2.05, 4.69) is 74.5 Å². The van der Waals surface area contributed by atoms with E-state index >= 15 is 0 Å².